The number of terminal acetylenes is 1. The fraction of sp³-hybridized carbons (Fsp3) is 0. The second-order valence-corrected chi connectivity index (χ2v) is 0.269. The van der Waals surface area contributed by atoms with Crippen LogP contribution in [0, 0.1) is 24.7 Å². The summed E-state index contributed by atoms with van der Waals surface area (Å²) in [5.41, 5.74) is 0. The van der Waals surface area contributed by atoms with Gasteiger partial charge in [-0.1, -0.05) is 0 Å². The number of hydrogen-bond donors (Lipinski definition) is 0. The first-order chi connectivity index (χ1) is 1.91. The maximum atomic E-state index is 5.97. The van der Waals surface area contributed by atoms with Crippen LogP contribution in [0.1, 0.15) is 0 Å². The van der Waals surface area contributed by atoms with E-state index in [9.17, 15) is 0 Å². The van der Waals surface area contributed by atoms with Crippen LogP contribution in [0.15, 0.2) is 0 Å². The van der Waals surface area contributed by atoms with Crippen LogP contribution in [-0.2, 0) is 0 Å². The van der Waals surface area contributed by atoms with Crippen LogP contribution in [0.4, 0.5) is 0 Å². The zero-order chi connectivity index (χ0) is 3.41. The predicted octanol–water partition coefficient (Wildman–Crippen LogP) is -3.17. The van der Waals surface area contributed by atoms with Gasteiger partial charge >= 0.3 is 23.1 Å². The maximum Gasteiger partial charge on any atom is 2.00 e. The SMILES string of the molecule is [Br-].[C-]#CC#C.[Mg+2]. The molecule has 0 aliphatic heterocycles. The summed E-state index contributed by atoms with van der Waals surface area (Å²) in [5, 5.41) is 0. The van der Waals surface area contributed by atoms with Crippen LogP contribution in [0.3, 0.4) is 0 Å². The van der Waals surface area contributed by atoms with E-state index in [0.717, 1.165) is 0 Å². The summed E-state index contributed by atoms with van der Waals surface area (Å²) in [6.07, 6.45) is 10.4. The molecule has 0 fully saturated rings. The molecule has 0 nitrogen and oxygen atoms in total. The summed E-state index contributed by atoms with van der Waals surface area (Å²) in [4.78, 5) is 0. The van der Waals surface area contributed by atoms with Crippen molar-refractivity contribution in [1.29, 1.82) is 0 Å². The molecule has 0 amide bonds. The van der Waals surface area contributed by atoms with Gasteiger partial charge in [0.05, 0.1) is 0 Å². The molecule has 0 aliphatic rings. The molecule has 0 aliphatic carbocycles. The zero-order valence-electron chi connectivity index (χ0n) is 3.16. The Hall–Kier alpha value is 0.366. The van der Waals surface area contributed by atoms with Crippen LogP contribution in [0.5, 0.6) is 0 Å². The maximum absolute atomic E-state index is 5.97. The van der Waals surface area contributed by atoms with E-state index >= 15 is 0 Å². The van der Waals surface area contributed by atoms with Crippen molar-refractivity contribution in [3.8, 4) is 18.3 Å². The average molecular weight is 153 g/mol. The van der Waals surface area contributed by atoms with Gasteiger partial charge in [-0.15, -0.1) is 0 Å². The van der Waals surface area contributed by atoms with Gasteiger partial charge in [-0.3, -0.25) is 11.8 Å². The van der Waals surface area contributed by atoms with Crippen LogP contribution >= 0.6 is 0 Å². The standard InChI is InChI=1S/C4H.BrH.Mg/c1-3-4-2;;/h1H;1H;/q-1;;+2/p-1. The van der Waals surface area contributed by atoms with Gasteiger partial charge in [-0.25, -0.2) is 6.42 Å². The van der Waals surface area contributed by atoms with Gasteiger partial charge in [-0.2, -0.15) is 0 Å². The van der Waals surface area contributed by atoms with E-state index in [1.165, 1.54) is 0 Å². The third-order valence-corrected chi connectivity index (χ3v) is 0.0722. The second-order valence-electron chi connectivity index (χ2n) is 0.269. The summed E-state index contributed by atoms with van der Waals surface area (Å²) in [6.45, 7) is 0. The molecule has 0 aromatic rings. The summed E-state index contributed by atoms with van der Waals surface area (Å²) in [5.74, 6) is 3.56. The third kappa shape index (κ3) is 26.5. The van der Waals surface area contributed by atoms with E-state index in [1.54, 1.807) is 5.92 Å². The first-order valence-electron chi connectivity index (χ1n) is 0.789. The Bertz CT molecular complexity index is 62.5. The number of hydrogen-bond acceptors (Lipinski definition) is 0. The zero-order valence-corrected chi connectivity index (χ0v) is 6.16. The fourth-order valence-electron chi connectivity index (χ4n) is 0. The van der Waals surface area contributed by atoms with Gasteiger partial charge in [0.2, 0.25) is 0 Å². The normalized spacial score (nSPS) is 1.67. The smallest absolute Gasteiger partial charge is 1.00 e. The largest absolute Gasteiger partial charge is 2.00 e. The summed E-state index contributed by atoms with van der Waals surface area (Å²) < 4.78 is 0. The molecule has 2 heteroatoms. The Labute approximate surface area is 64.6 Å². The minimum Gasteiger partial charge on any atom is -1.00 e. The van der Waals surface area contributed by atoms with E-state index < -0.39 is 0 Å². The van der Waals surface area contributed by atoms with Crippen molar-refractivity contribution >= 4 is 23.1 Å². The fourth-order valence-corrected chi connectivity index (χ4v) is 0. The van der Waals surface area contributed by atoms with E-state index in [2.05, 4.69) is 6.42 Å². The average Bonchev–Trinajstić information content (AvgIpc) is 1.37. The van der Waals surface area contributed by atoms with Crippen molar-refractivity contribution in [2.75, 3.05) is 0 Å². The molecule has 0 heterocycles. The molecule has 0 aromatic carbocycles. The predicted molar refractivity (Wildman–Crippen MR) is 21.7 cm³/mol. The van der Waals surface area contributed by atoms with Crippen LogP contribution in [0.25, 0.3) is 0 Å². The van der Waals surface area contributed by atoms with Crippen molar-refractivity contribution in [2.45, 2.75) is 0 Å². The van der Waals surface area contributed by atoms with Gasteiger partial charge in [0.15, 0.2) is 0 Å². The van der Waals surface area contributed by atoms with Crippen molar-refractivity contribution in [3.05, 3.63) is 6.42 Å². The number of halogens is 1. The van der Waals surface area contributed by atoms with Gasteiger partial charge in [0.1, 0.15) is 0 Å². The second kappa shape index (κ2) is 18.3. The summed E-state index contributed by atoms with van der Waals surface area (Å²) >= 11 is 0. The van der Waals surface area contributed by atoms with Crippen molar-refractivity contribution in [2.24, 2.45) is 0 Å². The summed E-state index contributed by atoms with van der Waals surface area (Å²) in [7, 11) is 0. The number of rotatable bonds is 0. The quantitative estimate of drug-likeness (QED) is 0.196. The van der Waals surface area contributed by atoms with Crippen LogP contribution in [-0.4, -0.2) is 23.1 Å². The molecule has 0 radical (unpaired) electrons. The van der Waals surface area contributed by atoms with E-state index in [1.807, 2.05) is 5.92 Å². The van der Waals surface area contributed by atoms with Gasteiger partial charge in [-0.05, 0) is 0 Å². The first kappa shape index (κ1) is 16.2. The topological polar surface area (TPSA) is 0 Å². The molecule has 0 unspecified atom stereocenters. The van der Waals surface area contributed by atoms with Gasteiger partial charge in [0.25, 0.3) is 0 Å². The Kier molecular flexibility index (Phi) is 49.3. The van der Waals surface area contributed by atoms with Crippen LogP contribution < -0.4 is 17.0 Å². The molecule has 0 N–H and O–H groups in total. The Morgan fingerprint density at radius 2 is 1.67 bits per heavy atom. The minimum atomic E-state index is 0. The van der Waals surface area contributed by atoms with E-state index in [0.29, 0.717) is 0 Å². The Balaban J connectivity index is -0.0000000450. The molecule has 0 atom stereocenters. The van der Waals surface area contributed by atoms with E-state index in [4.69, 9.17) is 6.42 Å². The molecule has 26 valence electrons. The molecule has 0 aromatic heterocycles. The molecular formula is C4HBrMg. The third-order valence-electron chi connectivity index (χ3n) is 0.0722. The minimum absolute atomic E-state index is 0. The van der Waals surface area contributed by atoms with Gasteiger partial charge in [0, 0.05) is 0 Å². The van der Waals surface area contributed by atoms with Crippen LogP contribution in [0.2, 0.25) is 0 Å². The molecule has 0 bridgehead atoms. The first-order valence-corrected chi connectivity index (χ1v) is 0.789. The summed E-state index contributed by atoms with van der Waals surface area (Å²) in [6, 6.07) is 0. The van der Waals surface area contributed by atoms with Gasteiger partial charge < -0.3 is 23.4 Å². The monoisotopic (exact) mass is 152 g/mol. The molecule has 6 heavy (non-hydrogen) atoms. The molecule has 0 spiro atoms. The molecule has 0 saturated carbocycles. The Morgan fingerprint density at radius 1 is 1.50 bits per heavy atom. The van der Waals surface area contributed by atoms with Crippen molar-refractivity contribution < 1.29 is 17.0 Å². The molecule has 0 rings (SSSR count). The molecular weight excluding hydrogens is 152 g/mol. The van der Waals surface area contributed by atoms with Crippen molar-refractivity contribution in [3.63, 3.8) is 0 Å². The molecule has 0 saturated heterocycles. The van der Waals surface area contributed by atoms with E-state index in [-0.39, 0.29) is 40.0 Å². The Morgan fingerprint density at radius 3 is 1.67 bits per heavy atom. The van der Waals surface area contributed by atoms with Crippen molar-refractivity contribution in [1.82, 2.24) is 0 Å².